The van der Waals surface area contributed by atoms with Gasteiger partial charge in [0.05, 0.1) is 6.54 Å². The van der Waals surface area contributed by atoms with Gasteiger partial charge in [-0.1, -0.05) is 12.3 Å². The molecule has 7 nitrogen and oxygen atoms in total. The van der Waals surface area contributed by atoms with Crippen LogP contribution in [0.25, 0.3) is 0 Å². The Labute approximate surface area is 130 Å². The summed E-state index contributed by atoms with van der Waals surface area (Å²) >= 11 is 0. The Kier molecular flexibility index (Phi) is 9.46. The van der Waals surface area contributed by atoms with Crippen LogP contribution in [0.5, 0.6) is 0 Å². The first-order chi connectivity index (χ1) is 10.7. The highest BCUT2D eigenvalue weighted by molar-refractivity contribution is 5.85. The van der Waals surface area contributed by atoms with Crippen LogP contribution in [0.3, 0.4) is 0 Å². The van der Waals surface area contributed by atoms with Crippen molar-refractivity contribution in [2.24, 2.45) is 0 Å². The molecule has 1 unspecified atom stereocenters. The Morgan fingerprint density at radius 3 is 2.82 bits per heavy atom. The second-order valence-electron chi connectivity index (χ2n) is 4.92. The standard InChI is InChI=1S/C15H23N3O4/c19-12-16-8-9-17-14(20)10-18-15(21)11-22-13-6-4-2-1-3-5-7-13/h12-13H,1-4,6,8-11H2,(H,16,19)(H,17,20)(H,18,21). The highest BCUT2D eigenvalue weighted by Gasteiger charge is 2.11. The maximum absolute atomic E-state index is 11.6. The van der Waals surface area contributed by atoms with Gasteiger partial charge in [0.25, 0.3) is 0 Å². The molecular formula is C15H23N3O4. The molecule has 0 saturated heterocycles. The molecule has 1 aliphatic carbocycles. The van der Waals surface area contributed by atoms with Gasteiger partial charge in [-0.3, -0.25) is 14.4 Å². The van der Waals surface area contributed by atoms with Crippen LogP contribution in [0.15, 0.2) is 0 Å². The van der Waals surface area contributed by atoms with Gasteiger partial charge in [-0.25, -0.2) is 0 Å². The van der Waals surface area contributed by atoms with Gasteiger partial charge < -0.3 is 20.7 Å². The zero-order valence-electron chi connectivity index (χ0n) is 12.7. The minimum Gasteiger partial charge on any atom is -0.357 e. The number of hydrogen-bond donors (Lipinski definition) is 3. The van der Waals surface area contributed by atoms with E-state index in [4.69, 9.17) is 4.74 Å². The zero-order valence-corrected chi connectivity index (χ0v) is 12.7. The number of hydrogen-bond acceptors (Lipinski definition) is 4. The SMILES string of the molecule is O=CNCCNC(=O)CNC(=O)COC1C#CCCCCC1. The first-order valence-corrected chi connectivity index (χ1v) is 7.53. The van der Waals surface area contributed by atoms with E-state index in [0.717, 1.165) is 32.1 Å². The summed E-state index contributed by atoms with van der Waals surface area (Å²) in [6.07, 6.45) is 5.39. The van der Waals surface area contributed by atoms with E-state index < -0.39 is 0 Å². The first kappa shape index (κ1) is 18.0. The first-order valence-electron chi connectivity index (χ1n) is 7.53. The summed E-state index contributed by atoms with van der Waals surface area (Å²) in [5, 5.41) is 7.45. The van der Waals surface area contributed by atoms with Crippen molar-refractivity contribution in [1.82, 2.24) is 16.0 Å². The van der Waals surface area contributed by atoms with E-state index in [0.29, 0.717) is 19.5 Å². The van der Waals surface area contributed by atoms with Gasteiger partial charge >= 0.3 is 0 Å². The monoisotopic (exact) mass is 309 g/mol. The second-order valence-corrected chi connectivity index (χ2v) is 4.92. The van der Waals surface area contributed by atoms with Crippen LogP contribution in [0.1, 0.15) is 32.1 Å². The Morgan fingerprint density at radius 2 is 2.00 bits per heavy atom. The lowest BCUT2D eigenvalue weighted by Gasteiger charge is -2.13. The quantitative estimate of drug-likeness (QED) is 0.299. The number of carbonyl (C=O) groups is 3. The Hall–Kier alpha value is -2.07. The zero-order chi connectivity index (χ0) is 16.0. The van der Waals surface area contributed by atoms with Gasteiger partial charge in [-0.2, -0.15) is 0 Å². The fraction of sp³-hybridized carbons (Fsp3) is 0.667. The summed E-state index contributed by atoms with van der Waals surface area (Å²) < 4.78 is 5.46. The van der Waals surface area contributed by atoms with E-state index in [1.165, 1.54) is 0 Å². The second kappa shape index (κ2) is 11.6. The molecule has 0 saturated carbocycles. The van der Waals surface area contributed by atoms with E-state index >= 15 is 0 Å². The predicted molar refractivity (Wildman–Crippen MR) is 80.7 cm³/mol. The van der Waals surface area contributed by atoms with E-state index in [2.05, 4.69) is 27.8 Å². The molecule has 0 aromatic rings. The molecule has 0 fully saturated rings. The van der Waals surface area contributed by atoms with Crippen molar-refractivity contribution in [3.63, 3.8) is 0 Å². The topological polar surface area (TPSA) is 96.5 Å². The highest BCUT2D eigenvalue weighted by atomic mass is 16.5. The number of carbonyl (C=O) groups excluding carboxylic acids is 3. The molecule has 0 aromatic carbocycles. The van der Waals surface area contributed by atoms with E-state index in [1.54, 1.807) is 0 Å². The van der Waals surface area contributed by atoms with Crippen molar-refractivity contribution in [3.05, 3.63) is 0 Å². The van der Waals surface area contributed by atoms with Crippen molar-refractivity contribution < 1.29 is 19.1 Å². The van der Waals surface area contributed by atoms with Crippen molar-refractivity contribution in [2.45, 2.75) is 38.2 Å². The molecule has 0 aromatic heterocycles. The molecular weight excluding hydrogens is 286 g/mol. The lowest BCUT2D eigenvalue weighted by Crippen LogP contribution is -2.40. The third-order valence-electron chi connectivity index (χ3n) is 3.07. The summed E-state index contributed by atoms with van der Waals surface area (Å²) in [6.45, 7) is 0.465. The molecule has 0 radical (unpaired) electrons. The fourth-order valence-electron chi connectivity index (χ4n) is 1.90. The lowest BCUT2D eigenvalue weighted by atomic mass is 10.1. The summed E-state index contributed by atoms with van der Waals surface area (Å²) in [5.41, 5.74) is 0. The van der Waals surface area contributed by atoms with E-state index in [1.807, 2.05) is 0 Å². The van der Waals surface area contributed by atoms with Crippen molar-refractivity contribution >= 4 is 18.2 Å². The summed E-state index contributed by atoms with van der Waals surface area (Å²) in [7, 11) is 0. The number of amides is 3. The average molecular weight is 309 g/mol. The number of rotatable bonds is 9. The average Bonchev–Trinajstić information content (AvgIpc) is 2.48. The molecule has 22 heavy (non-hydrogen) atoms. The maximum atomic E-state index is 11.6. The number of ether oxygens (including phenoxy) is 1. The third kappa shape index (κ3) is 8.97. The molecule has 0 heterocycles. The van der Waals surface area contributed by atoms with Crippen LogP contribution in [-0.2, 0) is 19.1 Å². The maximum Gasteiger partial charge on any atom is 0.246 e. The minimum atomic E-state index is -0.343. The Morgan fingerprint density at radius 1 is 1.14 bits per heavy atom. The van der Waals surface area contributed by atoms with Crippen LogP contribution in [0.2, 0.25) is 0 Å². The molecule has 3 N–H and O–H groups in total. The van der Waals surface area contributed by atoms with Crippen molar-refractivity contribution in [3.8, 4) is 11.8 Å². The van der Waals surface area contributed by atoms with Gasteiger partial charge in [0.1, 0.15) is 12.7 Å². The molecule has 3 amide bonds. The molecule has 0 aliphatic heterocycles. The van der Waals surface area contributed by atoms with Gasteiger partial charge in [0.2, 0.25) is 18.2 Å². The Bertz CT molecular complexity index is 428. The lowest BCUT2D eigenvalue weighted by molar-refractivity contribution is -0.129. The minimum absolute atomic E-state index is 0.0979. The summed E-state index contributed by atoms with van der Waals surface area (Å²) in [4.78, 5) is 33.0. The molecule has 1 aliphatic rings. The Balaban J connectivity index is 2.12. The smallest absolute Gasteiger partial charge is 0.246 e. The van der Waals surface area contributed by atoms with Crippen LogP contribution >= 0.6 is 0 Å². The van der Waals surface area contributed by atoms with Crippen LogP contribution in [-0.4, -0.2) is 50.6 Å². The van der Waals surface area contributed by atoms with Crippen LogP contribution < -0.4 is 16.0 Å². The largest absolute Gasteiger partial charge is 0.357 e. The molecule has 0 spiro atoms. The molecule has 0 bridgehead atoms. The fourth-order valence-corrected chi connectivity index (χ4v) is 1.90. The molecule has 1 atom stereocenters. The van der Waals surface area contributed by atoms with Gasteiger partial charge in [-0.15, -0.1) is 5.92 Å². The molecule has 1 rings (SSSR count). The van der Waals surface area contributed by atoms with Crippen molar-refractivity contribution in [1.29, 1.82) is 0 Å². The van der Waals surface area contributed by atoms with Gasteiger partial charge in [0.15, 0.2) is 0 Å². The summed E-state index contributed by atoms with van der Waals surface area (Å²) in [5.74, 6) is 5.40. The van der Waals surface area contributed by atoms with Crippen LogP contribution in [0, 0.1) is 11.8 Å². The van der Waals surface area contributed by atoms with Crippen LogP contribution in [0.4, 0.5) is 0 Å². The predicted octanol–water partition coefficient (Wildman–Crippen LogP) is -0.682. The van der Waals surface area contributed by atoms with E-state index in [-0.39, 0.29) is 31.1 Å². The van der Waals surface area contributed by atoms with Gasteiger partial charge in [0, 0.05) is 19.5 Å². The van der Waals surface area contributed by atoms with Crippen molar-refractivity contribution in [2.75, 3.05) is 26.2 Å². The third-order valence-corrected chi connectivity index (χ3v) is 3.07. The summed E-state index contributed by atoms with van der Waals surface area (Å²) in [6, 6.07) is 0. The van der Waals surface area contributed by atoms with Gasteiger partial charge in [-0.05, 0) is 19.3 Å². The normalized spacial score (nSPS) is 17.2. The van der Waals surface area contributed by atoms with E-state index in [9.17, 15) is 14.4 Å². The molecule has 122 valence electrons. The number of nitrogens with one attached hydrogen (secondary N) is 3. The molecule has 7 heteroatoms. The highest BCUT2D eigenvalue weighted by Crippen LogP contribution is 2.10.